The van der Waals surface area contributed by atoms with Gasteiger partial charge in [-0.2, -0.15) is 0 Å². The molecule has 26 heavy (non-hydrogen) atoms. The second kappa shape index (κ2) is 6.37. The van der Waals surface area contributed by atoms with Crippen molar-refractivity contribution in [3.63, 3.8) is 0 Å². The number of amides is 2. The number of fused-ring (bicyclic) bond motifs is 1. The molecule has 0 N–H and O–H groups in total. The molecule has 1 fully saturated rings. The van der Waals surface area contributed by atoms with Crippen molar-refractivity contribution in [3.05, 3.63) is 52.9 Å². The van der Waals surface area contributed by atoms with E-state index in [1.165, 1.54) is 7.11 Å². The highest BCUT2D eigenvalue weighted by molar-refractivity contribution is 6.03. The zero-order chi connectivity index (χ0) is 19.1. The number of likely N-dealkylation sites (N-methyl/N-ethyl adjacent to an activating group) is 2. The number of carbonyl (C=O) groups excluding carboxylic acids is 2. The number of ether oxygens (including phenoxy) is 2. The molecule has 0 radical (unpaired) electrons. The molecule has 6 nitrogen and oxygen atoms in total. The number of rotatable bonds is 4. The van der Waals surface area contributed by atoms with Gasteiger partial charge in [-0.05, 0) is 24.3 Å². The molecule has 2 aliphatic rings. The minimum absolute atomic E-state index is 0.0665. The summed E-state index contributed by atoms with van der Waals surface area (Å²) in [5.74, 6) is 0.700. The summed E-state index contributed by atoms with van der Waals surface area (Å²) in [5.41, 5.74) is 2.39. The fourth-order valence-corrected chi connectivity index (χ4v) is 3.66. The first kappa shape index (κ1) is 18.4. The highest BCUT2D eigenvalue weighted by atomic mass is 16.5. The van der Waals surface area contributed by atoms with Crippen molar-refractivity contribution in [2.45, 2.75) is 13.0 Å². The number of benzene rings is 1. The summed E-state index contributed by atoms with van der Waals surface area (Å²) < 4.78 is 10.9. The van der Waals surface area contributed by atoms with Gasteiger partial charge in [-0.1, -0.05) is 0 Å². The summed E-state index contributed by atoms with van der Waals surface area (Å²) in [5, 5.41) is 0. The van der Waals surface area contributed by atoms with E-state index < -0.39 is 0 Å². The SMILES string of the molecule is COC1=C2C(=O)[N+](C)(Cc3ccc(OC)cc3)CCC2=C[N+](C)(C)C1=O. The number of quaternary nitrogens is 2. The van der Waals surface area contributed by atoms with Gasteiger partial charge in [0, 0.05) is 17.6 Å². The number of nitrogens with zero attached hydrogens (tertiary/aromatic N) is 2. The van der Waals surface area contributed by atoms with E-state index in [4.69, 9.17) is 9.47 Å². The van der Waals surface area contributed by atoms with E-state index in [1.807, 2.05) is 37.5 Å². The summed E-state index contributed by atoms with van der Waals surface area (Å²) in [6, 6.07) is 7.73. The number of carbonyl (C=O) groups is 2. The minimum Gasteiger partial charge on any atom is -0.497 e. The quantitative estimate of drug-likeness (QED) is 0.773. The molecular formula is C20H26N2O4+2. The van der Waals surface area contributed by atoms with Gasteiger partial charge in [-0.3, -0.25) is 4.48 Å². The molecule has 0 aromatic heterocycles. The van der Waals surface area contributed by atoms with Gasteiger partial charge in [0.05, 0.1) is 41.9 Å². The predicted molar refractivity (Wildman–Crippen MR) is 96.6 cm³/mol. The standard InChI is InChI=1S/C20H26N2O4/c1-21(2)13-15-10-11-22(3,12-14-6-8-16(25-4)9-7-14)19(23)17(15)18(26-5)20(21)24/h6-9,13H,10-12H2,1-5H3/q+2. The molecule has 1 aromatic carbocycles. The highest BCUT2D eigenvalue weighted by Crippen LogP contribution is 2.36. The molecule has 2 aliphatic heterocycles. The van der Waals surface area contributed by atoms with Gasteiger partial charge in [0.15, 0.2) is 0 Å². The predicted octanol–water partition coefficient (Wildman–Crippen LogP) is 1.97. The molecule has 3 rings (SSSR count). The maximum absolute atomic E-state index is 13.3. The Hall–Kier alpha value is -2.44. The van der Waals surface area contributed by atoms with E-state index in [-0.39, 0.29) is 26.5 Å². The van der Waals surface area contributed by atoms with Crippen LogP contribution in [0.1, 0.15) is 12.0 Å². The molecule has 1 aromatic rings. The third-order valence-electron chi connectivity index (χ3n) is 5.22. The third-order valence-corrected chi connectivity index (χ3v) is 5.22. The second-order valence-electron chi connectivity index (χ2n) is 7.59. The van der Waals surface area contributed by atoms with E-state index in [9.17, 15) is 9.59 Å². The number of piperidine rings is 1. The molecule has 1 atom stereocenters. The molecule has 6 heteroatoms. The van der Waals surface area contributed by atoms with E-state index in [0.29, 0.717) is 18.7 Å². The summed E-state index contributed by atoms with van der Waals surface area (Å²) in [4.78, 5) is 26.0. The number of hydrogen-bond acceptors (Lipinski definition) is 4. The fraction of sp³-hybridized carbons (Fsp3) is 0.400. The van der Waals surface area contributed by atoms with Gasteiger partial charge in [0.1, 0.15) is 24.1 Å². The van der Waals surface area contributed by atoms with Crippen molar-refractivity contribution < 1.29 is 28.0 Å². The van der Waals surface area contributed by atoms with Crippen molar-refractivity contribution >= 4 is 11.8 Å². The lowest BCUT2D eigenvalue weighted by atomic mass is 9.91. The average molecular weight is 358 g/mol. The van der Waals surface area contributed by atoms with Gasteiger partial charge in [-0.25, -0.2) is 14.1 Å². The highest BCUT2D eigenvalue weighted by Gasteiger charge is 2.50. The Balaban J connectivity index is 1.96. The van der Waals surface area contributed by atoms with Crippen LogP contribution in [0.5, 0.6) is 5.75 Å². The first-order chi connectivity index (χ1) is 12.2. The van der Waals surface area contributed by atoms with Crippen molar-refractivity contribution in [2.75, 3.05) is 41.9 Å². The lowest BCUT2D eigenvalue weighted by Crippen LogP contribution is -2.56. The Morgan fingerprint density at radius 1 is 0.962 bits per heavy atom. The normalized spacial score (nSPS) is 24.9. The monoisotopic (exact) mass is 358 g/mol. The van der Waals surface area contributed by atoms with Crippen LogP contribution in [0.2, 0.25) is 0 Å². The van der Waals surface area contributed by atoms with Crippen LogP contribution >= 0.6 is 0 Å². The zero-order valence-electron chi connectivity index (χ0n) is 16.0. The summed E-state index contributed by atoms with van der Waals surface area (Å²) >= 11 is 0. The number of likely N-dealkylation sites (tertiary alicyclic amines) is 1. The fourth-order valence-electron chi connectivity index (χ4n) is 3.66. The first-order valence-corrected chi connectivity index (χ1v) is 8.63. The van der Waals surface area contributed by atoms with Crippen LogP contribution in [0.25, 0.3) is 0 Å². The second-order valence-corrected chi connectivity index (χ2v) is 7.59. The van der Waals surface area contributed by atoms with Crippen LogP contribution < -0.4 is 4.74 Å². The maximum atomic E-state index is 13.3. The van der Waals surface area contributed by atoms with E-state index >= 15 is 0 Å². The topological polar surface area (TPSA) is 52.6 Å². The Morgan fingerprint density at radius 2 is 1.62 bits per heavy atom. The molecule has 0 bridgehead atoms. The van der Waals surface area contributed by atoms with Crippen LogP contribution in [0.4, 0.5) is 0 Å². The van der Waals surface area contributed by atoms with Crippen molar-refractivity contribution in [1.82, 2.24) is 0 Å². The minimum atomic E-state index is -0.197. The van der Waals surface area contributed by atoms with Gasteiger partial charge in [0.2, 0.25) is 5.76 Å². The number of methoxy groups -OCH3 is 2. The van der Waals surface area contributed by atoms with Crippen LogP contribution in [0.15, 0.2) is 47.4 Å². The van der Waals surface area contributed by atoms with Crippen molar-refractivity contribution in [3.8, 4) is 5.75 Å². The van der Waals surface area contributed by atoms with Crippen LogP contribution in [-0.4, -0.2) is 62.7 Å². The molecule has 0 aliphatic carbocycles. The van der Waals surface area contributed by atoms with Gasteiger partial charge in [-0.15, -0.1) is 0 Å². The lowest BCUT2D eigenvalue weighted by molar-refractivity contribution is -0.848. The zero-order valence-corrected chi connectivity index (χ0v) is 16.0. The molecule has 2 amide bonds. The van der Waals surface area contributed by atoms with Crippen LogP contribution in [0, 0.1) is 0 Å². The summed E-state index contributed by atoms with van der Waals surface area (Å²) in [6.45, 7) is 1.24. The smallest absolute Gasteiger partial charge is 0.385 e. The van der Waals surface area contributed by atoms with Crippen LogP contribution in [-0.2, 0) is 20.9 Å². The van der Waals surface area contributed by atoms with Crippen LogP contribution in [0.3, 0.4) is 0 Å². The Bertz CT molecular complexity index is 821. The Kier molecular flexibility index (Phi) is 4.50. The van der Waals surface area contributed by atoms with Crippen molar-refractivity contribution in [1.29, 1.82) is 0 Å². The Morgan fingerprint density at radius 3 is 2.19 bits per heavy atom. The largest absolute Gasteiger partial charge is 0.497 e. The van der Waals surface area contributed by atoms with Crippen molar-refractivity contribution in [2.24, 2.45) is 0 Å². The molecule has 0 saturated carbocycles. The molecule has 2 heterocycles. The summed E-state index contributed by atoms with van der Waals surface area (Å²) in [7, 11) is 8.61. The Labute approximate surface area is 154 Å². The van der Waals surface area contributed by atoms with Gasteiger partial charge < -0.3 is 9.47 Å². The number of hydrogen-bond donors (Lipinski definition) is 0. The summed E-state index contributed by atoms with van der Waals surface area (Å²) in [6.07, 6.45) is 2.60. The van der Waals surface area contributed by atoms with E-state index in [2.05, 4.69) is 0 Å². The van der Waals surface area contributed by atoms with Gasteiger partial charge >= 0.3 is 11.8 Å². The lowest BCUT2D eigenvalue weighted by Gasteiger charge is -2.39. The van der Waals surface area contributed by atoms with E-state index in [1.54, 1.807) is 21.2 Å². The van der Waals surface area contributed by atoms with Gasteiger partial charge in [0.25, 0.3) is 0 Å². The van der Waals surface area contributed by atoms with E-state index in [0.717, 1.165) is 23.3 Å². The molecule has 0 spiro atoms. The maximum Gasteiger partial charge on any atom is 0.385 e. The average Bonchev–Trinajstić information content (AvgIpc) is 2.61. The molecule has 1 unspecified atom stereocenters. The molecule has 138 valence electrons. The first-order valence-electron chi connectivity index (χ1n) is 8.63. The molecule has 1 saturated heterocycles. The molecular weight excluding hydrogens is 332 g/mol. The third kappa shape index (κ3) is 2.95.